The van der Waals surface area contributed by atoms with E-state index in [2.05, 4.69) is 18.6 Å². The lowest BCUT2D eigenvalue weighted by Crippen LogP contribution is -2.32. The molecule has 1 unspecified atom stereocenters. The first-order valence-corrected chi connectivity index (χ1v) is 7.93. The summed E-state index contributed by atoms with van der Waals surface area (Å²) in [7, 11) is 0. The van der Waals surface area contributed by atoms with E-state index in [4.69, 9.17) is 21.1 Å². The van der Waals surface area contributed by atoms with Gasteiger partial charge in [0.25, 0.3) is 0 Å². The number of unbranched alkanes of at least 4 members (excludes halogenated alkanes) is 3. The Morgan fingerprint density at radius 1 is 1.21 bits per heavy atom. The van der Waals surface area contributed by atoms with E-state index in [-0.39, 0.29) is 31.5 Å². The lowest BCUT2D eigenvalue weighted by molar-refractivity contribution is -0.150. The maximum Gasteiger partial charge on any atom is 0.334 e. The minimum absolute atomic E-state index is 0. The summed E-state index contributed by atoms with van der Waals surface area (Å²) in [4.78, 5) is 23.5. The molecule has 0 aliphatic rings. The third kappa shape index (κ3) is 10.6. The van der Waals surface area contributed by atoms with E-state index >= 15 is 0 Å². The molecule has 142 valence electrons. The Hall–Kier alpha value is -2.09. The molecular weight excluding hydrogens is 312 g/mol. The fourth-order valence-corrected chi connectivity index (χ4v) is 1.84. The van der Waals surface area contributed by atoms with E-state index in [1.807, 2.05) is 6.92 Å². The summed E-state index contributed by atoms with van der Waals surface area (Å²) >= 11 is 0. The van der Waals surface area contributed by atoms with Crippen molar-refractivity contribution in [2.45, 2.75) is 71.5 Å². The van der Waals surface area contributed by atoms with E-state index in [1.165, 1.54) is 13.3 Å². The summed E-state index contributed by atoms with van der Waals surface area (Å²) in [5.74, 6) is 3.75. The molecule has 2 atom stereocenters. The molecule has 0 heterocycles. The number of hydrogen-bond acceptors (Lipinski definition) is 7. The summed E-state index contributed by atoms with van der Waals surface area (Å²) in [5.41, 5.74) is 5.43. The number of carbonyl (C=O) groups excluding carboxylic acids is 2. The number of carbonyl (C=O) groups is 2. The molecule has 0 amide bonds. The van der Waals surface area contributed by atoms with Gasteiger partial charge in [-0.05, 0) is 26.7 Å². The number of ether oxygens (including phenoxy) is 2. The van der Waals surface area contributed by atoms with Gasteiger partial charge in [0, 0.05) is 7.00 Å². The van der Waals surface area contributed by atoms with E-state index in [1.54, 1.807) is 0 Å². The molecule has 0 rings (SSSR count). The van der Waals surface area contributed by atoms with Gasteiger partial charge < -0.3 is 27.2 Å². The Labute approximate surface area is 145 Å². The number of amidine groups is 1. The third-order valence-corrected chi connectivity index (χ3v) is 3.29. The standard InChI is InChI=1S/C16H29N3O4.H3N.H2/c1-5-6-7-8-9-12(3)22-14(20)10-11(2)16(21)23-13(4)15(17)19-18;;/h12-13H,2,5-10,18H2,1,3-4H3,(H2,17,19);1H3;1H/t12-,13?;;/m0../s1. The largest absolute Gasteiger partial charge is 0.462 e. The molecule has 0 aliphatic heterocycles. The van der Waals surface area contributed by atoms with Crippen LogP contribution < -0.4 is 17.7 Å². The number of rotatable bonds is 11. The van der Waals surface area contributed by atoms with E-state index in [9.17, 15) is 9.59 Å². The highest BCUT2D eigenvalue weighted by molar-refractivity contribution is 5.95. The molecule has 0 aliphatic carbocycles. The first-order valence-electron chi connectivity index (χ1n) is 7.93. The van der Waals surface area contributed by atoms with Gasteiger partial charge in [-0.25, -0.2) is 4.79 Å². The number of hydrazone groups is 1. The van der Waals surface area contributed by atoms with Gasteiger partial charge in [0.15, 0.2) is 11.9 Å². The van der Waals surface area contributed by atoms with Crippen LogP contribution in [0.15, 0.2) is 17.3 Å². The highest BCUT2D eigenvalue weighted by Crippen LogP contribution is 2.11. The first-order chi connectivity index (χ1) is 10.8. The highest BCUT2D eigenvalue weighted by Gasteiger charge is 2.19. The lowest BCUT2D eigenvalue weighted by atomic mass is 10.1. The quantitative estimate of drug-likeness (QED) is 0.0987. The monoisotopic (exact) mass is 346 g/mol. The van der Waals surface area contributed by atoms with Crippen molar-refractivity contribution in [1.82, 2.24) is 6.15 Å². The molecular formula is C16H34N4O4. The maximum absolute atomic E-state index is 11.8. The van der Waals surface area contributed by atoms with Crippen molar-refractivity contribution < 1.29 is 20.5 Å². The van der Waals surface area contributed by atoms with Crippen LogP contribution in [0.3, 0.4) is 0 Å². The maximum atomic E-state index is 11.8. The molecule has 0 radical (unpaired) electrons. The number of esters is 2. The second-order valence-corrected chi connectivity index (χ2v) is 5.53. The van der Waals surface area contributed by atoms with Gasteiger partial charge in [-0.3, -0.25) is 4.79 Å². The molecule has 24 heavy (non-hydrogen) atoms. The van der Waals surface area contributed by atoms with Crippen molar-refractivity contribution in [2.75, 3.05) is 0 Å². The zero-order valence-electron chi connectivity index (χ0n) is 15.0. The second kappa shape index (κ2) is 13.4. The van der Waals surface area contributed by atoms with Gasteiger partial charge in [-0.15, -0.1) is 0 Å². The van der Waals surface area contributed by atoms with E-state index in [0.717, 1.165) is 25.7 Å². The summed E-state index contributed by atoms with van der Waals surface area (Å²) < 4.78 is 10.2. The number of nitrogens with two attached hydrogens (primary N) is 2. The Morgan fingerprint density at radius 2 is 1.83 bits per heavy atom. The summed E-state index contributed by atoms with van der Waals surface area (Å²) in [6.45, 7) is 9.04. The topological polar surface area (TPSA) is 152 Å². The van der Waals surface area contributed by atoms with Crippen LogP contribution in [0.2, 0.25) is 0 Å². The van der Waals surface area contributed by atoms with Crippen LogP contribution in [0.25, 0.3) is 0 Å². The average Bonchev–Trinajstić information content (AvgIpc) is 2.50. The highest BCUT2D eigenvalue weighted by atomic mass is 16.6. The van der Waals surface area contributed by atoms with Gasteiger partial charge in [-0.2, -0.15) is 5.10 Å². The van der Waals surface area contributed by atoms with Gasteiger partial charge in [-0.1, -0.05) is 32.8 Å². The summed E-state index contributed by atoms with van der Waals surface area (Å²) in [6, 6.07) is 0. The molecule has 0 bridgehead atoms. The van der Waals surface area contributed by atoms with E-state index < -0.39 is 18.0 Å². The van der Waals surface area contributed by atoms with Crippen molar-refractivity contribution in [3.8, 4) is 0 Å². The molecule has 0 saturated carbocycles. The Kier molecular flexibility index (Phi) is 13.5. The fraction of sp³-hybridized carbons (Fsp3) is 0.688. The van der Waals surface area contributed by atoms with Gasteiger partial charge in [0.2, 0.25) is 0 Å². The molecule has 8 heteroatoms. The Morgan fingerprint density at radius 3 is 2.38 bits per heavy atom. The van der Waals surface area contributed by atoms with Crippen LogP contribution in [-0.2, 0) is 19.1 Å². The van der Waals surface area contributed by atoms with Crippen LogP contribution in [0.1, 0.15) is 60.7 Å². The Bertz CT molecular complexity index is 444. The van der Waals surface area contributed by atoms with E-state index in [0.29, 0.717) is 0 Å². The van der Waals surface area contributed by atoms with Crippen molar-refractivity contribution in [2.24, 2.45) is 16.7 Å². The van der Waals surface area contributed by atoms with Crippen LogP contribution >= 0.6 is 0 Å². The molecule has 0 fully saturated rings. The summed E-state index contributed by atoms with van der Waals surface area (Å²) in [5, 5.41) is 3.24. The lowest BCUT2D eigenvalue weighted by Gasteiger charge is -2.15. The first kappa shape index (κ1) is 24.2. The second-order valence-electron chi connectivity index (χ2n) is 5.53. The van der Waals surface area contributed by atoms with Crippen LogP contribution in [0.4, 0.5) is 0 Å². The zero-order valence-corrected chi connectivity index (χ0v) is 15.0. The summed E-state index contributed by atoms with van der Waals surface area (Å²) in [6.07, 6.45) is 4.11. The SMILES string of the molecule is C=C(CC(=O)O[C@@H](C)CCCCCC)C(=O)OC(C)/C(N)=N/N.N.[HH]. The normalized spacial score (nSPS) is 13.4. The van der Waals surface area contributed by atoms with Crippen molar-refractivity contribution in [1.29, 1.82) is 0 Å². The van der Waals surface area contributed by atoms with Crippen LogP contribution in [-0.4, -0.2) is 30.0 Å². The number of nitrogens with zero attached hydrogens (tertiary/aromatic N) is 1. The van der Waals surface area contributed by atoms with Crippen molar-refractivity contribution in [3.05, 3.63) is 12.2 Å². The van der Waals surface area contributed by atoms with Crippen LogP contribution in [0, 0.1) is 0 Å². The molecule has 0 aromatic rings. The van der Waals surface area contributed by atoms with Crippen molar-refractivity contribution in [3.63, 3.8) is 0 Å². The molecule has 0 aromatic heterocycles. The van der Waals surface area contributed by atoms with Crippen molar-refractivity contribution >= 4 is 17.8 Å². The average molecular weight is 346 g/mol. The van der Waals surface area contributed by atoms with Gasteiger partial charge >= 0.3 is 11.9 Å². The predicted octanol–water partition coefficient (Wildman–Crippen LogP) is 2.41. The molecule has 0 spiro atoms. The number of hydrogen-bond donors (Lipinski definition) is 3. The van der Waals surface area contributed by atoms with Gasteiger partial charge in [0.05, 0.1) is 12.5 Å². The Balaban J connectivity index is -0.00000242. The van der Waals surface area contributed by atoms with Crippen LogP contribution in [0.5, 0.6) is 0 Å². The predicted molar refractivity (Wildman–Crippen MR) is 96.6 cm³/mol. The minimum atomic E-state index is -0.780. The molecule has 0 aromatic carbocycles. The third-order valence-electron chi connectivity index (χ3n) is 3.29. The minimum Gasteiger partial charge on any atom is -0.462 e. The fourth-order valence-electron chi connectivity index (χ4n) is 1.84. The molecule has 7 N–H and O–H groups in total. The smallest absolute Gasteiger partial charge is 0.334 e. The van der Waals surface area contributed by atoms with Gasteiger partial charge in [0.1, 0.15) is 0 Å². The molecule has 8 nitrogen and oxygen atoms in total. The zero-order chi connectivity index (χ0) is 17.8. The molecule has 0 saturated heterocycles.